The topological polar surface area (TPSA) is 111 Å². The van der Waals surface area contributed by atoms with Crippen LogP contribution in [0.25, 0.3) is 0 Å². The maximum Gasteiger partial charge on any atom is 0.243 e. The van der Waals surface area contributed by atoms with Gasteiger partial charge in [-0.2, -0.15) is 0 Å². The molecule has 0 aliphatic carbocycles. The van der Waals surface area contributed by atoms with Crippen molar-refractivity contribution in [2.45, 2.75) is 45.4 Å². The van der Waals surface area contributed by atoms with E-state index in [1.807, 2.05) is 0 Å². The fraction of sp³-hybridized carbons (Fsp3) is 0.800. The van der Waals surface area contributed by atoms with Gasteiger partial charge in [0.05, 0.1) is 12.5 Å². The molecule has 3 amide bonds. The van der Waals surface area contributed by atoms with E-state index in [2.05, 4.69) is 23.1 Å². The number of amides is 3. The van der Waals surface area contributed by atoms with Crippen LogP contribution >= 0.6 is 0 Å². The summed E-state index contributed by atoms with van der Waals surface area (Å²) < 4.78 is 0. The molecule has 4 N–H and O–H groups in total. The van der Waals surface area contributed by atoms with Gasteiger partial charge in [-0.1, -0.05) is 26.2 Å². The Morgan fingerprint density at radius 1 is 1.30 bits per heavy atom. The zero-order chi connectivity index (χ0) is 17.1. The monoisotopic (exact) mass is 328 g/mol. The number of nitrogens with one attached hydrogen (secondary N) is 3. The third kappa shape index (κ3) is 7.43. The first-order valence-corrected chi connectivity index (χ1v) is 8.29. The molecule has 23 heavy (non-hydrogen) atoms. The Labute approximate surface area is 136 Å². The number of piperidine rings is 1. The molecule has 0 radical (unpaired) electrons. The third-order valence-corrected chi connectivity index (χ3v) is 4.07. The largest absolute Gasteiger partial charge is 0.317 e. The minimum absolute atomic E-state index is 0.0811. The molecule has 0 saturated carbocycles. The van der Waals surface area contributed by atoms with Crippen LogP contribution < -0.4 is 16.2 Å². The summed E-state index contributed by atoms with van der Waals surface area (Å²) in [6.07, 6.45) is 5.12. The predicted octanol–water partition coefficient (Wildman–Crippen LogP) is 0.178. The van der Waals surface area contributed by atoms with Gasteiger partial charge in [0.2, 0.25) is 18.2 Å². The zero-order valence-electron chi connectivity index (χ0n) is 13.7. The van der Waals surface area contributed by atoms with Crippen molar-refractivity contribution in [1.29, 1.82) is 0 Å². The van der Waals surface area contributed by atoms with Crippen molar-refractivity contribution in [3.05, 3.63) is 0 Å². The first-order valence-electron chi connectivity index (χ1n) is 8.29. The Balaban J connectivity index is 2.43. The maximum absolute atomic E-state index is 12.2. The number of carbonyl (C=O) groups excluding carboxylic acids is 3. The average Bonchev–Trinajstić information content (AvgIpc) is 2.59. The van der Waals surface area contributed by atoms with E-state index in [-0.39, 0.29) is 30.7 Å². The van der Waals surface area contributed by atoms with Crippen LogP contribution in [0.15, 0.2) is 0 Å². The van der Waals surface area contributed by atoms with Crippen LogP contribution in [0.5, 0.6) is 0 Å². The Bertz CT molecular complexity index is 386. The van der Waals surface area contributed by atoms with Crippen molar-refractivity contribution in [3.8, 4) is 0 Å². The summed E-state index contributed by atoms with van der Waals surface area (Å²) in [7, 11) is 0. The van der Waals surface area contributed by atoms with E-state index in [0.29, 0.717) is 11.5 Å². The summed E-state index contributed by atoms with van der Waals surface area (Å²) in [6, 6.07) is 0. The minimum atomic E-state index is -0.551. The number of rotatable bonds is 9. The van der Waals surface area contributed by atoms with Crippen LogP contribution in [0.4, 0.5) is 0 Å². The van der Waals surface area contributed by atoms with E-state index in [9.17, 15) is 19.6 Å². The summed E-state index contributed by atoms with van der Waals surface area (Å²) >= 11 is 0. The molecule has 0 bridgehead atoms. The maximum atomic E-state index is 12.2. The fourth-order valence-electron chi connectivity index (χ4n) is 2.63. The summed E-state index contributed by atoms with van der Waals surface area (Å²) in [5.74, 6) is -1.22. The molecule has 1 heterocycles. The number of hydroxylamine groups is 2. The second-order valence-corrected chi connectivity index (χ2v) is 5.92. The lowest BCUT2D eigenvalue weighted by atomic mass is 9.97. The van der Waals surface area contributed by atoms with E-state index < -0.39 is 5.92 Å². The highest BCUT2D eigenvalue weighted by Crippen LogP contribution is 2.12. The minimum Gasteiger partial charge on any atom is -0.317 e. The van der Waals surface area contributed by atoms with Gasteiger partial charge in [0, 0.05) is 5.92 Å². The van der Waals surface area contributed by atoms with Gasteiger partial charge in [0.15, 0.2) is 0 Å². The van der Waals surface area contributed by atoms with Crippen molar-refractivity contribution in [1.82, 2.24) is 21.2 Å². The standard InChI is InChI=1S/C15H28N4O4/c1-2-3-4-5-13(10-19(23)11-20)15(22)18-17-14(21)12-6-8-16-9-7-12/h11-13,16,23H,2-10H2,1H3,(H,17,21)(H,18,22)/t13-/m1/s1. The van der Waals surface area contributed by atoms with Gasteiger partial charge in [0.25, 0.3) is 0 Å². The molecule has 1 saturated heterocycles. The lowest BCUT2D eigenvalue weighted by Crippen LogP contribution is -2.49. The van der Waals surface area contributed by atoms with Crippen molar-refractivity contribution >= 4 is 18.2 Å². The van der Waals surface area contributed by atoms with E-state index in [4.69, 9.17) is 0 Å². The summed E-state index contributed by atoms with van der Waals surface area (Å²) in [4.78, 5) is 34.7. The van der Waals surface area contributed by atoms with Gasteiger partial charge >= 0.3 is 0 Å². The van der Waals surface area contributed by atoms with Gasteiger partial charge in [-0.25, -0.2) is 5.06 Å². The first-order chi connectivity index (χ1) is 11.1. The van der Waals surface area contributed by atoms with Gasteiger partial charge in [0.1, 0.15) is 0 Å². The lowest BCUT2D eigenvalue weighted by Gasteiger charge is -2.23. The SMILES string of the molecule is CCCCC[C@H](CN(O)C=O)C(=O)NNC(=O)C1CCNCC1. The quantitative estimate of drug-likeness (QED) is 0.209. The van der Waals surface area contributed by atoms with E-state index >= 15 is 0 Å². The van der Waals surface area contributed by atoms with E-state index in [0.717, 1.165) is 45.2 Å². The second-order valence-electron chi connectivity index (χ2n) is 5.92. The molecule has 1 aliphatic rings. The highest BCUT2D eigenvalue weighted by atomic mass is 16.5. The molecular weight excluding hydrogens is 300 g/mol. The molecule has 1 rings (SSSR count). The first kappa shape index (κ1) is 19.4. The number of carbonyl (C=O) groups is 3. The molecule has 0 aromatic rings. The van der Waals surface area contributed by atoms with Gasteiger partial charge in [-0.05, 0) is 32.4 Å². The molecule has 1 atom stereocenters. The van der Waals surface area contributed by atoms with E-state index in [1.165, 1.54) is 0 Å². The van der Waals surface area contributed by atoms with Crippen LogP contribution in [0, 0.1) is 11.8 Å². The average molecular weight is 328 g/mol. The van der Waals surface area contributed by atoms with Crippen molar-refractivity contribution < 1.29 is 19.6 Å². The summed E-state index contributed by atoms with van der Waals surface area (Å²) in [5.41, 5.74) is 4.88. The summed E-state index contributed by atoms with van der Waals surface area (Å²) in [5, 5.41) is 12.9. The molecule has 8 heteroatoms. The van der Waals surface area contributed by atoms with Crippen molar-refractivity contribution in [3.63, 3.8) is 0 Å². The molecule has 0 unspecified atom stereocenters. The highest BCUT2D eigenvalue weighted by molar-refractivity contribution is 5.84. The number of unbranched alkanes of at least 4 members (excludes halogenated alkanes) is 2. The number of hydrazine groups is 1. The molecule has 0 aromatic carbocycles. The highest BCUT2D eigenvalue weighted by Gasteiger charge is 2.24. The molecule has 0 aromatic heterocycles. The van der Waals surface area contributed by atoms with Crippen LogP contribution in [-0.2, 0) is 14.4 Å². The Morgan fingerprint density at radius 3 is 2.61 bits per heavy atom. The van der Waals surface area contributed by atoms with Gasteiger partial charge in [-0.15, -0.1) is 0 Å². The Kier molecular flexibility index (Phi) is 9.23. The fourth-order valence-corrected chi connectivity index (χ4v) is 2.63. The number of nitrogens with zero attached hydrogens (tertiary/aromatic N) is 1. The molecule has 1 fully saturated rings. The van der Waals surface area contributed by atoms with Crippen LogP contribution in [0.2, 0.25) is 0 Å². The zero-order valence-corrected chi connectivity index (χ0v) is 13.7. The molecule has 8 nitrogen and oxygen atoms in total. The van der Waals surface area contributed by atoms with Gasteiger partial charge < -0.3 is 5.32 Å². The third-order valence-electron chi connectivity index (χ3n) is 4.07. The second kappa shape index (κ2) is 11.0. The predicted molar refractivity (Wildman–Crippen MR) is 84.1 cm³/mol. The van der Waals surface area contributed by atoms with Gasteiger partial charge in [-0.3, -0.25) is 30.4 Å². The van der Waals surface area contributed by atoms with Crippen molar-refractivity contribution in [2.24, 2.45) is 11.8 Å². The number of hydrogen-bond donors (Lipinski definition) is 4. The van der Waals surface area contributed by atoms with Crippen LogP contribution in [-0.4, -0.2) is 48.1 Å². The van der Waals surface area contributed by atoms with Crippen LogP contribution in [0.3, 0.4) is 0 Å². The molecule has 132 valence electrons. The summed E-state index contributed by atoms with van der Waals surface area (Å²) in [6.45, 7) is 3.56. The Hall–Kier alpha value is -1.67. The smallest absolute Gasteiger partial charge is 0.243 e. The lowest BCUT2D eigenvalue weighted by molar-refractivity contribution is -0.155. The Morgan fingerprint density at radius 2 is 2.00 bits per heavy atom. The molecular formula is C15H28N4O4. The number of hydrogen-bond acceptors (Lipinski definition) is 5. The molecule has 1 aliphatic heterocycles. The van der Waals surface area contributed by atoms with Crippen molar-refractivity contribution in [2.75, 3.05) is 19.6 Å². The molecule has 0 spiro atoms. The van der Waals surface area contributed by atoms with E-state index in [1.54, 1.807) is 0 Å². The van der Waals surface area contributed by atoms with Crippen LogP contribution in [0.1, 0.15) is 45.4 Å². The normalized spacial score (nSPS) is 16.4.